The van der Waals surface area contributed by atoms with E-state index in [2.05, 4.69) is 57.9 Å². The minimum atomic E-state index is 0. The van der Waals surface area contributed by atoms with Crippen LogP contribution in [0.3, 0.4) is 0 Å². The molecular formula is C19H37IN6O. The Balaban J connectivity index is 0.00000364. The number of aliphatic imine (C=N–C) groups is 1. The fourth-order valence-corrected chi connectivity index (χ4v) is 3.57. The summed E-state index contributed by atoms with van der Waals surface area (Å²) in [7, 11) is 1.87. The van der Waals surface area contributed by atoms with Crippen LogP contribution in [0.2, 0.25) is 0 Å². The molecule has 0 aromatic carbocycles. The summed E-state index contributed by atoms with van der Waals surface area (Å²) in [5.74, 6) is 1.02. The number of halogens is 1. The van der Waals surface area contributed by atoms with E-state index >= 15 is 0 Å². The van der Waals surface area contributed by atoms with E-state index in [-0.39, 0.29) is 24.0 Å². The highest BCUT2D eigenvalue weighted by molar-refractivity contribution is 14.0. The van der Waals surface area contributed by atoms with Crippen LogP contribution in [-0.4, -0.2) is 84.2 Å². The molecule has 0 aliphatic carbocycles. The summed E-state index contributed by atoms with van der Waals surface area (Å²) in [6, 6.07) is 3.11. The van der Waals surface area contributed by atoms with Gasteiger partial charge in [-0.25, -0.2) is 0 Å². The highest BCUT2D eigenvalue weighted by atomic mass is 127. The van der Waals surface area contributed by atoms with Crippen LogP contribution in [0.5, 0.6) is 0 Å². The van der Waals surface area contributed by atoms with Gasteiger partial charge < -0.3 is 14.7 Å². The summed E-state index contributed by atoms with van der Waals surface area (Å²) in [6.45, 7) is 16.0. The van der Waals surface area contributed by atoms with Gasteiger partial charge in [0.05, 0.1) is 5.69 Å². The average molecular weight is 492 g/mol. The van der Waals surface area contributed by atoms with Gasteiger partial charge in [0, 0.05) is 71.0 Å². The molecule has 2 rings (SSSR count). The molecule has 0 atom stereocenters. The Hall–Kier alpha value is -0.870. The number of piperazine rings is 1. The molecule has 1 aliphatic heterocycles. The summed E-state index contributed by atoms with van der Waals surface area (Å²) in [6.07, 6.45) is 2.76. The second-order valence-electron chi connectivity index (χ2n) is 7.51. The van der Waals surface area contributed by atoms with Crippen LogP contribution < -0.4 is 5.32 Å². The second kappa shape index (κ2) is 12.6. The molecule has 1 aromatic heterocycles. The fraction of sp³-hybridized carbons (Fsp3) is 0.789. The summed E-state index contributed by atoms with van der Waals surface area (Å²) >= 11 is 0. The first-order valence-electron chi connectivity index (χ1n) is 9.84. The lowest BCUT2D eigenvalue weighted by Gasteiger charge is -2.36. The van der Waals surface area contributed by atoms with Crippen molar-refractivity contribution in [3.8, 4) is 0 Å². The van der Waals surface area contributed by atoms with Gasteiger partial charge >= 0.3 is 0 Å². The number of guanidine groups is 1. The van der Waals surface area contributed by atoms with Crippen LogP contribution in [0.4, 0.5) is 0 Å². The van der Waals surface area contributed by atoms with E-state index in [9.17, 15) is 0 Å². The van der Waals surface area contributed by atoms with Crippen LogP contribution in [-0.2, 0) is 6.54 Å². The molecule has 1 N–H and O–H groups in total. The molecule has 0 spiro atoms. The zero-order valence-electron chi connectivity index (χ0n) is 17.5. The first kappa shape index (κ1) is 24.2. The molecule has 0 bridgehead atoms. The summed E-state index contributed by atoms with van der Waals surface area (Å²) in [5.41, 5.74) is 1.00. The molecule has 0 saturated carbocycles. The number of rotatable bonds is 8. The maximum Gasteiger partial charge on any atom is 0.193 e. The van der Waals surface area contributed by atoms with Crippen molar-refractivity contribution >= 4 is 29.9 Å². The summed E-state index contributed by atoms with van der Waals surface area (Å²) in [4.78, 5) is 11.8. The van der Waals surface area contributed by atoms with Crippen LogP contribution in [0.1, 0.15) is 39.8 Å². The molecule has 0 unspecified atom stereocenters. The third kappa shape index (κ3) is 7.95. The predicted molar refractivity (Wildman–Crippen MR) is 122 cm³/mol. The van der Waals surface area contributed by atoms with E-state index in [1.807, 2.05) is 13.1 Å². The Kier molecular flexibility index (Phi) is 11.2. The molecule has 1 fully saturated rings. The van der Waals surface area contributed by atoms with Crippen molar-refractivity contribution in [1.82, 2.24) is 25.2 Å². The van der Waals surface area contributed by atoms with E-state index in [1.54, 1.807) is 6.26 Å². The van der Waals surface area contributed by atoms with Crippen molar-refractivity contribution in [1.29, 1.82) is 0 Å². The van der Waals surface area contributed by atoms with Gasteiger partial charge in [-0.3, -0.25) is 14.8 Å². The van der Waals surface area contributed by atoms with Gasteiger partial charge in [-0.2, -0.15) is 0 Å². The summed E-state index contributed by atoms with van der Waals surface area (Å²) in [5, 5.41) is 7.54. The highest BCUT2D eigenvalue weighted by Crippen LogP contribution is 2.08. The maximum atomic E-state index is 4.91. The third-order valence-electron chi connectivity index (χ3n) is 4.96. The number of hydrogen-bond donors (Lipinski definition) is 1. The van der Waals surface area contributed by atoms with Crippen LogP contribution in [0.25, 0.3) is 0 Å². The molecule has 27 heavy (non-hydrogen) atoms. The largest absolute Gasteiger partial charge is 0.364 e. The smallest absolute Gasteiger partial charge is 0.193 e. The van der Waals surface area contributed by atoms with Crippen molar-refractivity contribution in [2.24, 2.45) is 4.99 Å². The predicted octanol–water partition coefficient (Wildman–Crippen LogP) is 2.49. The maximum absolute atomic E-state index is 4.91. The van der Waals surface area contributed by atoms with Gasteiger partial charge in [-0.1, -0.05) is 5.16 Å². The van der Waals surface area contributed by atoms with Gasteiger partial charge in [-0.05, 0) is 34.1 Å². The lowest BCUT2D eigenvalue weighted by atomic mass is 10.2. The lowest BCUT2D eigenvalue weighted by Crippen LogP contribution is -2.52. The minimum Gasteiger partial charge on any atom is -0.364 e. The molecule has 1 aromatic rings. The molecule has 0 radical (unpaired) electrons. The molecule has 1 saturated heterocycles. The number of aromatic nitrogens is 1. The van der Waals surface area contributed by atoms with Crippen molar-refractivity contribution < 1.29 is 4.52 Å². The lowest BCUT2D eigenvalue weighted by molar-refractivity contribution is 0.166. The van der Waals surface area contributed by atoms with Crippen molar-refractivity contribution in [3.63, 3.8) is 0 Å². The van der Waals surface area contributed by atoms with Crippen LogP contribution in [0, 0.1) is 0 Å². The topological polar surface area (TPSA) is 60.1 Å². The SMILES string of the molecule is CN=C(NCCCN(C(C)C)C(C)C)N1CCN(Cc2ccon2)CC1.I. The molecular weight excluding hydrogens is 455 g/mol. The van der Waals surface area contributed by atoms with Gasteiger partial charge in [0.25, 0.3) is 0 Å². The van der Waals surface area contributed by atoms with Gasteiger partial charge in [-0.15, -0.1) is 24.0 Å². The number of nitrogens with zero attached hydrogens (tertiary/aromatic N) is 5. The van der Waals surface area contributed by atoms with Gasteiger partial charge in [0.15, 0.2) is 5.96 Å². The van der Waals surface area contributed by atoms with E-state index in [0.717, 1.165) is 63.9 Å². The molecule has 8 heteroatoms. The normalized spacial score (nSPS) is 16.3. The molecule has 1 aliphatic rings. The zero-order valence-corrected chi connectivity index (χ0v) is 19.8. The molecule has 2 heterocycles. The summed E-state index contributed by atoms with van der Waals surface area (Å²) < 4.78 is 4.91. The van der Waals surface area contributed by atoms with E-state index in [4.69, 9.17) is 4.52 Å². The molecule has 0 amide bonds. The Morgan fingerprint density at radius 3 is 2.41 bits per heavy atom. The third-order valence-corrected chi connectivity index (χ3v) is 4.96. The van der Waals surface area contributed by atoms with E-state index < -0.39 is 0 Å². The Morgan fingerprint density at radius 1 is 1.22 bits per heavy atom. The molecule has 156 valence electrons. The van der Waals surface area contributed by atoms with Crippen LogP contribution in [0.15, 0.2) is 21.8 Å². The first-order valence-corrected chi connectivity index (χ1v) is 9.84. The monoisotopic (exact) mass is 492 g/mol. The van der Waals surface area contributed by atoms with E-state index in [1.165, 1.54) is 0 Å². The Labute approximate surface area is 181 Å². The van der Waals surface area contributed by atoms with Crippen molar-refractivity contribution in [2.45, 2.75) is 52.7 Å². The van der Waals surface area contributed by atoms with Gasteiger partial charge in [0.2, 0.25) is 0 Å². The first-order chi connectivity index (χ1) is 12.5. The standard InChI is InChI=1S/C19H36N6O.HI/c1-16(2)25(17(3)4)9-6-8-21-19(20-5)24-12-10-23(11-13-24)15-18-7-14-26-22-18;/h7,14,16-17H,6,8-13,15H2,1-5H3,(H,20,21);1H. The van der Waals surface area contributed by atoms with E-state index in [0.29, 0.717) is 12.1 Å². The Morgan fingerprint density at radius 2 is 1.89 bits per heavy atom. The fourth-order valence-electron chi connectivity index (χ4n) is 3.57. The quantitative estimate of drug-likeness (QED) is 0.261. The van der Waals surface area contributed by atoms with Crippen molar-refractivity contribution in [2.75, 3.05) is 46.3 Å². The minimum absolute atomic E-state index is 0. The number of hydrogen-bond acceptors (Lipinski definition) is 5. The highest BCUT2D eigenvalue weighted by Gasteiger charge is 2.20. The van der Waals surface area contributed by atoms with Crippen LogP contribution >= 0.6 is 24.0 Å². The average Bonchev–Trinajstić information content (AvgIpc) is 3.11. The zero-order chi connectivity index (χ0) is 18.9. The van der Waals surface area contributed by atoms with Gasteiger partial charge in [0.1, 0.15) is 6.26 Å². The Bertz CT molecular complexity index is 518. The second-order valence-corrected chi connectivity index (χ2v) is 7.51. The number of nitrogens with one attached hydrogen (secondary N) is 1. The van der Waals surface area contributed by atoms with Crippen molar-refractivity contribution in [3.05, 3.63) is 18.0 Å². The molecule has 7 nitrogen and oxygen atoms in total.